The van der Waals surface area contributed by atoms with Crippen LogP contribution in [-0.2, 0) is 4.74 Å². The number of pyridine rings is 2. The molecule has 2 aromatic heterocycles. The van der Waals surface area contributed by atoms with Crippen molar-refractivity contribution in [1.29, 1.82) is 0 Å². The lowest BCUT2D eigenvalue weighted by molar-refractivity contribution is -0.0585. The Morgan fingerprint density at radius 3 is 2.80 bits per heavy atom. The number of hydrogen-bond donors (Lipinski definition) is 0. The van der Waals surface area contributed by atoms with Crippen LogP contribution in [0.1, 0.15) is 24.2 Å². The number of rotatable bonds is 1. The molecule has 2 atom stereocenters. The van der Waals surface area contributed by atoms with Crippen LogP contribution in [0, 0.1) is 0 Å². The second kappa shape index (κ2) is 5.17. The summed E-state index contributed by atoms with van der Waals surface area (Å²) in [5, 5.41) is 0.882. The summed E-state index contributed by atoms with van der Waals surface area (Å²) in [7, 11) is 0. The molecular weight excluding hydrogens is 254 g/mol. The number of aromatic nitrogens is 2. The topological polar surface area (TPSA) is 55.3 Å². The van der Waals surface area contributed by atoms with Crippen LogP contribution in [0.4, 0.5) is 0 Å². The summed E-state index contributed by atoms with van der Waals surface area (Å²) in [5.41, 5.74) is 1.27. The highest BCUT2D eigenvalue weighted by Crippen LogP contribution is 2.19. The van der Waals surface area contributed by atoms with E-state index in [0.29, 0.717) is 24.2 Å². The molecule has 0 N–H and O–H groups in total. The largest absolute Gasteiger partial charge is 0.372 e. The van der Waals surface area contributed by atoms with Crippen LogP contribution in [0.15, 0.2) is 30.7 Å². The third-order valence-corrected chi connectivity index (χ3v) is 3.45. The molecule has 1 aliphatic heterocycles. The Balaban J connectivity index is 1.96. The highest BCUT2D eigenvalue weighted by atomic mass is 16.5. The Bertz CT molecular complexity index is 629. The number of morpholine rings is 1. The van der Waals surface area contributed by atoms with Gasteiger partial charge in [0.2, 0.25) is 0 Å². The lowest BCUT2D eigenvalue weighted by atomic mass is 10.1. The van der Waals surface area contributed by atoms with Crippen LogP contribution in [0.25, 0.3) is 10.9 Å². The average Bonchev–Trinajstić information content (AvgIpc) is 2.45. The van der Waals surface area contributed by atoms with Crippen LogP contribution in [0.5, 0.6) is 0 Å². The fraction of sp³-hybridized carbons (Fsp3) is 0.400. The van der Waals surface area contributed by atoms with E-state index in [2.05, 4.69) is 9.97 Å². The summed E-state index contributed by atoms with van der Waals surface area (Å²) in [4.78, 5) is 23.0. The van der Waals surface area contributed by atoms with Gasteiger partial charge >= 0.3 is 0 Å². The molecule has 0 aromatic carbocycles. The minimum absolute atomic E-state index is 0.0243. The Labute approximate surface area is 117 Å². The highest BCUT2D eigenvalue weighted by Gasteiger charge is 2.27. The molecule has 2 unspecified atom stereocenters. The van der Waals surface area contributed by atoms with Crippen LogP contribution < -0.4 is 0 Å². The molecule has 2 aromatic rings. The van der Waals surface area contributed by atoms with Crippen LogP contribution in [0.3, 0.4) is 0 Å². The molecule has 0 saturated carbocycles. The van der Waals surface area contributed by atoms with Gasteiger partial charge in [-0.1, -0.05) is 0 Å². The summed E-state index contributed by atoms with van der Waals surface area (Å²) in [5.74, 6) is -0.0243. The summed E-state index contributed by atoms with van der Waals surface area (Å²) >= 11 is 0. The minimum Gasteiger partial charge on any atom is -0.372 e. The van der Waals surface area contributed by atoms with Gasteiger partial charge in [0.05, 0.1) is 23.3 Å². The molecule has 3 rings (SSSR count). The van der Waals surface area contributed by atoms with E-state index in [0.717, 1.165) is 5.39 Å². The highest BCUT2D eigenvalue weighted by molar-refractivity contribution is 6.04. The quantitative estimate of drug-likeness (QED) is 0.794. The van der Waals surface area contributed by atoms with Gasteiger partial charge in [0.1, 0.15) is 0 Å². The van der Waals surface area contributed by atoms with E-state index in [9.17, 15) is 4.79 Å². The van der Waals surface area contributed by atoms with Crippen molar-refractivity contribution in [3.05, 3.63) is 36.3 Å². The first-order chi connectivity index (χ1) is 9.65. The van der Waals surface area contributed by atoms with Gasteiger partial charge in [0.25, 0.3) is 5.91 Å². The number of nitrogens with zero attached hydrogens (tertiary/aromatic N) is 3. The minimum atomic E-state index is -0.0243. The third-order valence-electron chi connectivity index (χ3n) is 3.45. The molecule has 0 spiro atoms. The van der Waals surface area contributed by atoms with Crippen molar-refractivity contribution in [3.63, 3.8) is 0 Å². The van der Waals surface area contributed by atoms with Gasteiger partial charge in [-0.15, -0.1) is 0 Å². The summed E-state index contributed by atoms with van der Waals surface area (Å²) < 4.78 is 5.66. The van der Waals surface area contributed by atoms with E-state index in [1.165, 1.54) is 0 Å². The number of amides is 1. The molecule has 5 heteroatoms. The first kappa shape index (κ1) is 13.0. The van der Waals surface area contributed by atoms with E-state index in [4.69, 9.17) is 4.74 Å². The summed E-state index contributed by atoms with van der Waals surface area (Å²) in [6, 6.07) is 3.76. The predicted octanol–water partition coefficient (Wildman–Crippen LogP) is 1.88. The van der Waals surface area contributed by atoms with Crippen LogP contribution in [-0.4, -0.2) is 46.1 Å². The van der Waals surface area contributed by atoms with Gasteiger partial charge < -0.3 is 9.64 Å². The number of hydrogen-bond acceptors (Lipinski definition) is 4. The zero-order chi connectivity index (χ0) is 14.1. The second-order valence-corrected chi connectivity index (χ2v) is 5.23. The SMILES string of the molecule is CC1CN(C(=O)c2cncc3cccnc23)CC(C)O1. The molecule has 1 amide bonds. The maximum atomic E-state index is 12.7. The van der Waals surface area contributed by atoms with Gasteiger partial charge in [0.15, 0.2) is 0 Å². The third kappa shape index (κ3) is 2.36. The van der Waals surface area contributed by atoms with Gasteiger partial charge in [-0.3, -0.25) is 14.8 Å². The van der Waals surface area contributed by atoms with E-state index >= 15 is 0 Å². The van der Waals surface area contributed by atoms with Crippen LogP contribution >= 0.6 is 0 Å². The van der Waals surface area contributed by atoms with Gasteiger partial charge in [-0.2, -0.15) is 0 Å². The molecule has 0 bridgehead atoms. The Kier molecular flexibility index (Phi) is 3.36. The van der Waals surface area contributed by atoms with E-state index in [1.54, 1.807) is 18.6 Å². The van der Waals surface area contributed by atoms with Gasteiger partial charge in [-0.05, 0) is 26.0 Å². The molecule has 1 fully saturated rings. The lowest BCUT2D eigenvalue weighted by Gasteiger charge is -2.35. The molecule has 5 nitrogen and oxygen atoms in total. The molecule has 3 heterocycles. The van der Waals surface area contributed by atoms with E-state index < -0.39 is 0 Å². The van der Waals surface area contributed by atoms with Crippen LogP contribution in [0.2, 0.25) is 0 Å². The smallest absolute Gasteiger partial charge is 0.257 e. The Morgan fingerprint density at radius 1 is 1.30 bits per heavy atom. The van der Waals surface area contributed by atoms with E-state index in [-0.39, 0.29) is 18.1 Å². The van der Waals surface area contributed by atoms with Gasteiger partial charge in [-0.25, -0.2) is 0 Å². The molecule has 0 radical (unpaired) electrons. The number of carbonyl (C=O) groups excluding carboxylic acids is 1. The molecule has 104 valence electrons. The molecule has 1 aliphatic rings. The molecule has 20 heavy (non-hydrogen) atoms. The standard InChI is InChI=1S/C15H17N3O2/c1-10-8-18(9-11(2)20-10)15(19)13-7-16-6-12-4-3-5-17-14(12)13/h3-7,10-11H,8-9H2,1-2H3. The lowest BCUT2D eigenvalue weighted by Crippen LogP contribution is -2.48. The van der Waals surface area contributed by atoms with Gasteiger partial charge in [0, 0.05) is 37.1 Å². The predicted molar refractivity (Wildman–Crippen MR) is 75.5 cm³/mol. The van der Waals surface area contributed by atoms with Crippen molar-refractivity contribution in [1.82, 2.24) is 14.9 Å². The Morgan fingerprint density at radius 2 is 2.05 bits per heavy atom. The molecule has 1 saturated heterocycles. The normalized spacial score (nSPS) is 23.0. The van der Waals surface area contributed by atoms with Crippen molar-refractivity contribution >= 4 is 16.8 Å². The number of carbonyl (C=O) groups is 1. The Hall–Kier alpha value is -2.01. The van der Waals surface area contributed by atoms with Crippen molar-refractivity contribution in [2.24, 2.45) is 0 Å². The zero-order valence-electron chi connectivity index (χ0n) is 11.6. The van der Waals surface area contributed by atoms with Crippen molar-refractivity contribution in [2.75, 3.05) is 13.1 Å². The average molecular weight is 271 g/mol. The zero-order valence-corrected chi connectivity index (χ0v) is 11.6. The first-order valence-corrected chi connectivity index (χ1v) is 6.78. The first-order valence-electron chi connectivity index (χ1n) is 6.78. The fourth-order valence-corrected chi connectivity index (χ4v) is 2.67. The molecular formula is C15H17N3O2. The fourth-order valence-electron chi connectivity index (χ4n) is 2.67. The molecule has 0 aliphatic carbocycles. The van der Waals surface area contributed by atoms with Crippen molar-refractivity contribution < 1.29 is 9.53 Å². The maximum Gasteiger partial charge on any atom is 0.257 e. The second-order valence-electron chi connectivity index (χ2n) is 5.23. The van der Waals surface area contributed by atoms with Crippen molar-refractivity contribution in [3.8, 4) is 0 Å². The number of fused-ring (bicyclic) bond motifs is 1. The van der Waals surface area contributed by atoms with Crippen molar-refractivity contribution in [2.45, 2.75) is 26.1 Å². The summed E-state index contributed by atoms with van der Waals surface area (Å²) in [6.45, 7) is 5.17. The maximum absolute atomic E-state index is 12.7. The van der Waals surface area contributed by atoms with E-state index in [1.807, 2.05) is 30.9 Å². The number of ether oxygens (including phenoxy) is 1. The monoisotopic (exact) mass is 271 g/mol. The summed E-state index contributed by atoms with van der Waals surface area (Å²) in [6.07, 6.45) is 5.13.